The second-order valence-electron chi connectivity index (χ2n) is 16.6. The van der Waals surface area contributed by atoms with Gasteiger partial charge in [-0.25, -0.2) is 19.6 Å². The van der Waals surface area contributed by atoms with E-state index in [1.165, 1.54) is 12.1 Å². The summed E-state index contributed by atoms with van der Waals surface area (Å²) in [5, 5.41) is 17.7. The van der Waals surface area contributed by atoms with E-state index < -0.39 is 48.6 Å². The summed E-state index contributed by atoms with van der Waals surface area (Å²) in [5.74, 6) is -0.0883. The quantitative estimate of drug-likeness (QED) is 0.106. The molecule has 0 bridgehead atoms. The van der Waals surface area contributed by atoms with Crippen molar-refractivity contribution in [2.45, 2.75) is 79.3 Å². The number of anilines is 2. The fourth-order valence-corrected chi connectivity index (χ4v) is 7.07. The minimum Gasteiger partial charge on any atom is -0.306 e. The van der Waals surface area contributed by atoms with E-state index in [1.54, 1.807) is 72.3 Å². The zero-order chi connectivity index (χ0) is 43.7. The van der Waals surface area contributed by atoms with Crippen LogP contribution in [0.15, 0.2) is 85.2 Å². The fourth-order valence-electron chi connectivity index (χ4n) is 7.07. The van der Waals surface area contributed by atoms with Gasteiger partial charge in [0, 0.05) is 24.9 Å². The molecule has 6 aromatic rings. The molecule has 0 aliphatic rings. The number of nitrogens with one attached hydrogen (secondary N) is 2. The number of rotatable bonds is 10. The van der Waals surface area contributed by atoms with Gasteiger partial charge in [-0.3, -0.25) is 9.36 Å². The number of hydrazine groups is 1. The molecule has 4 aromatic carbocycles. The number of amides is 4. The summed E-state index contributed by atoms with van der Waals surface area (Å²) in [6.45, 7) is 8.82. The first-order valence-corrected chi connectivity index (χ1v) is 19.5. The molecular formula is C44H48F6N8O2. The number of urea groups is 2. The number of hydrogen-bond acceptors (Lipinski definition) is 4. The molecule has 0 saturated carbocycles. The highest BCUT2D eigenvalue weighted by Gasteiger charge is 2.35. The van der Waals surface area contributed by atoms with E-state index in [1.807, 2.05) is 34.6 Å². The molecule has 6 rings (SSSR count). The third-order valence-electron chi connectivity index (χ3n) is 10.3. The predicted molar refractivity (Wildman–Crippen MR) is 220 cm³/mol. The third kappa shape index (κ3) is 10.0. The minimum atomic E-state index is -4.65. The van der Waals surface area contributed by atoms with Crippen molar-refractivity contribution >= 4 is 45.2 Å². The van der Waals surface area contributed by atoms with Gasteiger partial charge in [-0.05, 0) is 101 Å². The molecule has 2 heterocycles. The molecule has 0 unspecified atom stereocenters. The molecule has 4 amide bonds. The first-order chi connectivity index (χ1) is 28.1. The summed E-state index contributed by atoms with van der Waals surface area (Å²) in [6.07, 6.45) is -5.23. The maximum absolute atomic E-state index is 14.9. The van der Waals surface area contributed by atoms with Crippen LogP contribution in [-0.2, 0) is 52.4 Å². The lowest BCUT2D eigenvalue weighted by Gasteiger charge is -2.36. The SMILES string of the molecule is CC(C)Cc1cc(C(F)(F)F)ccc1CN(C(=O)Nc1cccc2c1cnn2C)N(Cc1ccc(C(F)(F)F)cc1CCC(C)(C)C)C(=O)Nc1cccc2c1cnn2C. The lowest BCUT2D eigenvalue weighted by molar-refractivity contribution is -0.138. The van der Waals surface area contributed by atoms with Crippen LogP contribution in [0.5, 0.6) is 0 Å². The van der Waals surface area contributed by atoms with Gasteiger partial charge >= 0.3 is 24.4 Å². The highest BCUT2D eigenvalue weighted by molar-refractivity contribution is 6.03. The molecular weight excluding hydrogens is 787 g/mol. The fraction of sp³-hybridized carbons (Fsp3) is 0.364. The van der Waals surface area contributed by atoms with Crippen LogP contribution in [0.2, 0.25) is 0 Å². The van der Waals surface area contributed by atoms with Crippen molar-refractivity contribution < 1.29 is 35.9 Å². The normalized spacial score (nSPS) is 12.4. The number of hydrogen-bond donors (Lipinski definition) is 2. The Hall–Kier alpha value is -6.06. The van der Waals surface area contributed by atoms with Crippen LogP contribution in [0.25, 0.3) is 21.8 Å². The summed E-state index contributed by atoms with van der Waals surface area (Å²) in [7, 11) is 3.47. The number of carbonyl (C=O) groups is 2. The van der Waals surface area contributed by atoms with E-state index in [0.717, 1.165) is 34.3 Å². The zero-order valence-corrected chi connectivity index (χ0v) is 34.5. The van der Waals surface area contributed by atoms with Gasteiger partial charge in [-0.15, -0.1) is 0 Å². The number of carbonyl (C=O) groups excluding carboxylic acids is 2. The van der Waals surface area contributed by atoms with Crippen LogP contribution >= 0.6 is 0 Å². The van der Waals surface area contributed by atoms with Gasteiger partial charge in [-0.2, -0.15) is 36.5 Å². The van der Waals surface area contributed by atoms with Gasteiger partial charge in [0.25, 0.3) is 0 Å². The van der Waals surface area contributed by atoms with Crippen molar-refractivity contribution in [1.82, 2.24) is 29.6 Å². The van der Waals surface area contributed by atoms with E-state index in [-0.39, 0.29) is 24.2 Å². The molecule has 2 N–H and O–H groups in total. The smallest absolute Gasteiger partial charge is 0.306 e. The molecule has 0 fully saturated rings. The second kappa shape index (κ2) is 16.9. The second-order valence-corrected chi connectivity index (χ2v) is 16.6. The number of alkyl halides is 6. The molecule has 60 heavy (non-hydrogen) atoms. The lowest BCUT2D eigenvalue weighted by Crippen LogP contribution is -2.52. The molecule has 0 aliphatic carbocycles. The van der Waals surface area contributed by atoms with Gasteiger partial charge in [0.15, 0.2) is 0 Å². The maximum Gasteiger partial charge on any atom is 0.416 e. The molecule has 0 radical (unpaired) electrons. The molecule has 318 valence electrons. The minimum absolute atomic E-state index is 0.0883. The van der Waals surface area contributed by atoms with E-state index in [9.17, 15) is 35.9 Å². The van der Waals surface area contributed by atoms with E-state index in [4.69, 9.17) is 0 Å². The van der Waals surface area contributed by atoms with Crippen molar-refractivity contribution in [2.24, 2.45) is 25.4 Å². The Morgan fingerprint density at radius 3 is 1.50 bits per heavy atom. The van der Waals surface area contributed by atoms with E-state index in [2.05, 4.69) is 20.8 Å². The summed E-state index contributed by atoms with van der Waals surface area (Å²) in [6, 6.07) is 15.2. The number of aromatic nitrogens is 4. The van der Waals surface area contributed by atoms with Gasteiger partial charge in [-0.1, -0.05) is 58.9 Å². The first kappa shape index (κ1) is 43.5. The number of halogens is 6. The highest BCUT2D eigenvalue weighted by atomic mass is 19.4. The zero-order valence-electron chi connectivity index (χ0n) is 34.5. The number of nitrogens with zero attached hydrogens (tertiary/aromatic N) is 6. The summed E-state index contributed by atoms with van der Waals surface area (Å²) in [4.78, 5) is 29.8. The van der Waals surface area contributed by atoms with Crippen LogP contribution < -0.4 is 10.6 Å². The molecule has 0 aliphatic heterocycles. The van der Waals surface area contributed by atoms with Gasteiger partial charge < -0.3 is 10.6 Å². The molecule has 0 spiro atoms. The lowest BCUT2D eigenvalue weighted by atomic mass is 9.87. The van der Waals surface area contributed by atoms with Gasteiger partial charge in [0.2, 0.25) is 0 Å². The summed E-state index contributed by atoms with van der Waals surface area (Å²) in [5.41, 5.74) is 1.36. The predicted octanol–water partition coefficient (Wildman–Crippen LogP) is 11.4. The number of aryl methyl sites for hydroxylation is 3. The van der Waals surface area contributed by atoms with Gasteiger partial charge in [0.05, 0.1) is 59.0 Å². The first-order valence-electron chi connectivity index (χ1n) is 19.5. The van der Waals surface area contributed by atoms with Crippen LogP contribution in [0.3, 0.4) is 0 Å². The van der Waals surface area contributed by atoms with Crippen molar-refractivity contribution in [3.8, 4) is 0 Å². The van der Waals surface area contributed by atoms with Gasteiger partial charge in [0.1, 0.15) is 0 Å². The van der Waals surface area contributed by atoms with Crippen molar-refractivity contribution in [3.63, 3.8) is 0 Å². The highest BCUT2D eigenvalue weighted by Crippen LogP contribution is 2.35. The summed E-state index contributed by atoms with van der Waals surface area (Å²) < 4.78 is 87.8. The third-order valence-corrected chi connectivity index (χ3v) is 10.3. The molecule has 2 aromatic heterocycles. The van der Waals surface area contributed by atoms with Crippen molar-refractivity contribution in [3.05, 3.63) is 119 Å². The van der Waals surface area contributed by atoms with Crippen molar-refractivity contribution in [1.29, 1.82) is 0 Å². The van der Waals surface area contributed by atoms with E-state index in [0.29, 0.717) is 61.9 Å². The van der Waals surface area contributed by atoms with Crippen LogP contribution in [0.1, 0.15) is 74.4 Å². The Morgan fingerprint density at radius 1 is 0.650 bits per heavy atom. The monoisotopic (exact) mass is 834 g/mol. The molecule has 10 nitrogen and oxygen atoms in total. The Kier molecular flexibility index (Phi) is 12.3. The number of fused-ring (bicyclic) bond motifs is 2. The van der Waals surface area contributed by atoms with Crippen LogP contribution in [-0.4, -0.2) is 41.6 Å². The average molecular weight is 835 g/mol. The maximum atomic E-state index is 14.9. The number of benzene rings is 4. The Morgan fingerprint density at radius 2 is 1.08 bits per heavy atom. The Bertz CT molecular complexity index is 2510. The standard InChI is InChI=1S/C44H48F6N8O2/c1-27(2)20-31-22-33(44(48,49)50)17-15-30(31)26-58(41(60)54-37-11-9-13-39-35(37)24-52-56(39)7)57(40(59)53-36-10-8-12-38-34(36)23-51-55(38)6)25-29-14-16-32(43(45,46)47)21-28(29)18-19-42(3,4)5/h8-17,21-24,27H,18-20,25-26H2,1-7H3,(H,53,59)(H,54,60). The Labute approximate surface area is 344 Å². The summed E-state index contributed by atoms with van der Waals surface area (Å²) >= 11 is 0. The average Bonchev–Trinajstić information content (AvgIpc) is 3.74. The van der Waals surface area contributed by atoms with Crippen LogP contribution in [0, 0.1) is 11.3 Å². The van der Waals surface area contributed by atoms with Crippen molar-refractivity contribution in [2.75, 3.05) is 10.6 Å². The Balaban J connectivity index is 1.53. The molecule has 0 atom stereocenters. The molecule has 16 heteroatoms. The van der Waals surface area contributed by atoms with Crippen LogP contribution in [0.4, 0.5) is 47.3 Å². The largest absolute Gasteiger partial charge is 0.416 e. The topological polar surface area (TPSA) is 100 Å². The molecule has 0 saturated heterocycles. The van der Waals surface area contributed by atoms with E-state index >= 15 is 0 Å².